The Balaban J connectivity index is 1.53. The lowest BCUT2D eigenvalue weighted by molar-refractivity contribution is -0.143. The highest BCUT2D eigenvalue weighted by Crippen LogP contribution is 2.31. The number of amides is 3. The van der Waals surface area contributed by atoms with Gasteiger partial charge >= 0.3 is 0 Å². The number of hydrogen-bond acceptors (Lipinski definition) is 4. The molecule has 4 rings (SSSR count). The van der Waals surface area contributed by atoms with Gasteiger partial charge < -0.3 is 20.2 Å². The van der Waals surface area contributed by atoms with Gasteiger partial charge in [-0.3, -0.25) is 14.4 Å². The van der Waals surface area contributed by atoms with Crippen molar-refractivity contribution in [2.24, 2.45) is 5.92 Å². The number of benzene rings is 2. The first-order chi connectivity index (χ1) is 17.9. The molecule has 1 fully saturated rings. The van der Waals surface area contributed by atoms with E-state index in [2.05, 4.69) is 30.9 Å². The number of β-amino-alcohol motifs (C(OH)–C–C–N with tert-alkyl or cyclic N) is 1. The molecule has 0 aromatic heterocycles. The monoisotopic (exact) mass is 516 g/mol. The van der Waals surface area contributed by atoms with E-state index in [4.69, 9.17) is 6.57 Å². The van der Waals surface area contributed by atoms with Gasteiger partial charge in [-0.2, -0.15) is 0 Å². The molecule has 2 aliphatic rings. The number of likely N-dealkylation sites (tertiary alicyclic amines) is 1. The third-order valence-corrected chi connectivity index (χ3v) is 7.42. The van der Waals surface area contributed by atoms with Crippen LogP contribution in [0.15, 0.2) is 42.5 Å². The Kier molecular flexibility index (Phi) is 7.61. The Bertz CT molecular complexity index is 1290. The van der Waals surface area contributed by atoms with Crippen LogP contribution >= 0.6 is 0 Å². The second-order valence-corrected chi connectivity index (χ2v) is 11.6. The minimum absolute atomic E-state index is 0.0437. The predicted molar refractivity (Wildman–Crippen MR) is 144 cm³/mol. The molecule has 2 aliphatic heterocycles. The molecule has 38 heavy (non-hydrogen) atoms. The van der Waals surface area contributed by atoms with E-state index < -0.39 is 18.2 Å². The lowest BCUT2D eigenvalue weighted by Gasteiger charge is -2.35. The van der Waals surface area contributed by atoms with Gasteiger partial charge in [-0.15, -0.1) is 0 Å². The zero-order chi connectivity index (χ0) is 27.8. The van der Waals surface area contributed by atoms with Gasteiger partial charge in [0.25, 0.3) is 5.91 Å². The summed E-state index contributed by atoms with van der Waals surface area (Å²) in [6.07, 6.45) is -0.684. The average molecular weight is 517 g/mol. The summed E-state index contributed by atoms with van der Waals surface area (Å²) >= 11 is 0. The van der Waals surface area contributed by atoms with E-state index in [1.54, 1.807) is 17.0 Å². The molecule has 2 N–H and O–H groups in total. The van der Waals surface area contributed by atoms with Crippen molar-refractivity contribution in [3.8, 4) is 0 Å². The van der Waals surface area contributed by atoms with Crippen molar-refractivity contribution in [3.63, 3.8) is 0 Å². The standard InChI is InChI=1S/C30H36N4O4/c1-18(2)26(34-16-20-9-7-8-10-23(20)28(34)37)29(38)33-17-22(35)14-25(33)27(36)32-15-19-11-12-21(31-6)13-24(19)30(3,4)5/h7-13,18,22,25-26,35H,14-17H2,1-5H3,(H,32,36). The molecule has 0 aliphatic carbocycles. The van der Waals surface area contributed by atoms with Gasteiger partial charge in [0.1, 0.15) is 12.1 Å². The van der Waals surface area contributed by atoms with Crippen LogP contribution in [0.5, 0.6) is 0 Å². The van der Waals surface area contributed by atoms with Crippen molar-refractivity contribution >= 4 is 23.4 Å². The summed E-state index contributed by atoms with van der Waals surface area (Å²) in [4.78, 5) is 47.0. The van der Waals surface area contributed by atoms with Crippen molar-refractivity contribution < 1.29 is 19.5 Å². The summed E-state index contributed by atoms with van der Waals surface area (Å²) in [6.45, 7) is 17.9. The van der Waals surface area contributed by atoms with Crippen LogP contribution in [-0.4, -0.2) is 57.4 Å². The summed E-state index contributed by atoms with van der Waals surface area (Å²) in [5.74, 6) is -1.04. The van der Waals surface area contributed by atoms with E-state index in [9.17, 15) is 19.5 Å². The normalized spacial score (nSPS) is 19.9. The van der Waals surface area contributed by atoms with Gasteiger partial charge in [-0.25, -0.2) is 4.85 Å². The number of carbonyl (C=O) groups is 3. The zero-order valence-electron chi connectivity index (χ0n) is 22.7. The number of fused-ring (bicyclic) bond motifs is 1. The summed E-state index contributed by atoms with van der Waals surface area (Å²) in [7, 11) is 0. The Morgan fingerprint density at radius 2 is 1.89 bits per heavy atom. The Labute approximate surface area is 224 Å². The van der Waals surface area contributed by atoms with Gasteiger partial charge in [-0.05, 0) is 34.1 Å². The Morgan fingerprint density at radius 3 is 2.53 bits per heavy atom. The van der Waals surface area contributed by atoms with Gasteiger partial charge in [0.2, 0.25) is 11.8 Å². The minimum atomic E-state index is -0.834. The fourth-order valence-corrected chi connectivity index (χ4v) is 5.54. The number of hydrogen-bond donors (Lipinski definition) is 2. The molecular weight excluding hydrogens is 480 g/mol. The second-order valence-electron chi connectivity index (χ2n) is 11.6. The number of carbonyl (C=O) groups excluding carboxylic acids is 3. The van der Waals surface area contributed by atoms with Gasteiger partial charge in [-0.1, -0.05) is 71.0 Å². The highest BCUT2D eigenvalue weighted by molar-refractivity contribution is 6.01. The average Bonchev–Trinajstić information content (AvgIpc) is 3.42. The molecule has 8 nitrogen and oxygen atoms in total. The van der Waals surface area contributed by atoms with E-state index in [-0.39, 0.29) is 48.6 Å². The van der Waals surface area contributed by atoms with E-state index in [1.165, 1.54) is 4.90 Å². The summed E-state index contributed by atoms with van der Waals surface area (Å²) in [5.41, 5.74) is 3.66. The third-order valence-electron chi connectivity index (χ3n) is 7.42. The summed E-state index contributed by atoms with van der Waals surface area (Å²) in [5, 5.41) is 13.4. The first kappa shape index (κ1) is 27.3. The van der Waals surface area contributed by atoms with Crippen LogP contribution in [0.25, 0.3) is 4.85 Å². The SMILES string of the molecule is [C-]#[N+]c1ccc(CNC(=O)C2CC(O)CN2C(=O)C(C(C)C)N2Cc3ccccc3C2=O)c(C(C)(C)C)c1. The molecule has 3 atom stereocenters. The summed E-state index contributed by atoms with van der Waals surface area (Å²) < 4.78 is 0. The lowest BCUT2D eigenvalue weighted by Crippen LogP contribution is -2.55. The van der Waals surface area contributed by atoms with Crippen molar-refractivity contribution in [2.75, 3.05) is 6.54 Å². The van der Waals surface area contributed by atoms with Gasteiger partial charge in [0, 0.05) is 31.6 Å². The minimum Gasteiger partial charge on any atom is -0.391 e. The van der Waals surface area contributed by atoms with Crippen LogP contribution in [0, 0.1) is 12.5 Å². The van der Waals surface area contributed by atoms with Gasteiger partial charge in [0.15, 0.2) is 5.69 Å². The molecule has 0 bridgehead atoms. The number of nitrogens with one attached hydrogen (secondary N) is 1. The first-order valence-electron chi connectivity index (χ1n) is 13.1. The quantitative estimate of drug-likeness (QED) is 0.571. The molecule has 2 heterocycles. The molecule has 0 radical (unpaired) electrons. The molecular formula is C30H36N4O4. The zero-order valence-corrected chi connectivity index (χ0v) is 22.7. The topological polar surface area (TPSA) is 94.3 Å². The van der Waals surface area contributed by atoms with Crippen LogP contribution in [0.3, 0.4) is 0 Å². The van der Waals surface area contributed by atoms with Crippen LogP contribution < -0.4 is 5.32 Å². The number of aliphatic hydroxyl groups is 1. The van der Waals surface area contributed by atoms with Crippen LogP contribution in [-0.2, 0) is 28.1 Å². The van der Waals surface area contributed by atoms with E-state index in [0.717, 1.165) is 16.7 Å². The lowest BCUT2D eigenvalue weighted by atomic mass is 9.83. The molecule has 3 amide bonds. The fraction of sp³-hybridized carbons (Fsp3) is 0.467. The third kappa shape index (κ3) is 5.30. The van der Waals surface area contributed by atoms with Gasteiger partial charge in [0.05, 0.1) is 12.7 Å². The number of rotatable bonds is 6. The maximum absolute atomic E-state index is 13.9. The highest BCUT2D eigenvalue weighted by Gasteiger charge is 2.45. The molecule has 2 aromatic rings. The fourth-order valence-electron chi connectivity index (χ4n) is 5.54. The summed E-state index contributed by atoms with van der Waals surface area (Å²) in [6, 6.07) is 11.2. The molecule has 0 saturated carbocycles. The first-order valence-corrected chi connectivity index (χ1v) is 13.1. The molecule has 2 aromatic carbocycles. The Hall–Kier alpha value is -3.70. The smallest absolute Gasteiger partial charge is 0.255 e. The molecule has 1 saturated heterocycles. The molecule has 0 spiro atoms. The van der Waals surface area contributed by atoms with Crippen molar-refractivity contribution in [2.45, 2.75) is 77.7 Å². The highest BCUT2D eigenvalue weighted by atomic mass is 16.3. The maximum Gasteiger partial charge on any atom is 0.255 e. The number of nitrogens with zero attached hydrogens (tertiary/aromatic N) is 3. The van der Waals surface area contributed by atoms with E-state index in [1.807, 2.05) is 44.2 Å². The molecule has 200 valence electrons. The molecule has 3 unspecified atom stereocenters. The largest absolute Gasteiger partial charge is 0.391 e. The van der Waals surface area contributed by atoms with Crippen LogP contribution in [0.2, 0.25) is 0 Å². The second kappa shape index (κ2) is 10.6. The van der Waals surface area contributed by atoms with E-state index >= 15 is 0 Å². The van der Waals surface area contributed by atoms with Crippen LogP contribution in [0.1, 0.15) is 68.1 Å². The van der Waals surface area contributed by atoms with Crippen molar-refractivity contribution in [1.29, 1.82) is 0 Å². The molecule has 8 heteroatoms. The van der Waals surface area contributed by atoms with E-state index in [0.29, 0.717) is 17.8 Å². The van der Waals surface area contributed by atoms with Crippen molar-refractivity contribution in [3.05, 3.63) is 76.1 Å². The maximum atomic E-state index is 13.9. The number of aliphatic hydroxyl groups excluding tert-OH is 1. The Morgan fingerprint density at radius 1 is 1.18 bits per heavy atom. The van der Waals surface area contributed by atoms with Crippen molar-refractivity contribution in [1.82, 2.24) is 15.1 Å². The van der Waals surface area contributed by atoms with Crippen LogP contribution in [0.4, 0.5) is 5.69 Å². The predicted octanol–water partition coefficient (Wildman–Crippen LogP) is 3.79.